The zero-order valence-corrected chi connectivity index (χ0v) is 8.74. The van der Waals surface area contributed by atoms with E-state index >= 15 is 0 Å². The van der Waals surface area contributed by atoms with Crippen molar-refractivity contribution < 1.29 is 5.11 Å². The Morgan fingerprint density at radius 2 is 2.21 bits per heavy atom. The Labute approximate surface area is 85.8 Å². The van der Waals surface area contributed by atoms with Crippen molar-refractivity contribution in [2.75, 3.05) is 6.61 Å². The molecule has 0 bridgehead atoms. The van der Waals surface area contributed by atoms with E-state index in [9.17, 15) is 5.11 Å². The van der Waals surface area contributed by atoms with E-state index in [0.29, 0.717) is 12.5 Å². The molecule has 0 spiro atoms. The average Bonchev–Trinajstić information content (AvgIpc) is 2.97. The van der Waals surface area contributed by atoms with Gasteiger partial charge in [-0.25, -0.2) is 0 Å². The molecule has 0 aliphatic heterocycles. The number of benzene rings is 1. The van der Waals surface area contributed by atoms with Gasteiger partial charge in [0, 0.05) is 6.61 Å². The molecule has 1 saturated carbocycles. The lowest BCUT2D eigenvalue weighted by Crippen LogP contribution is -2.11. The summed E-state index contributed by atoms with van der Waals surface area (Å²) in [5.41, 5.74) is 2.69. The van der Waals surface area contributed by atoms with Crippen molar-refractivity contribution in [1.29, 1.82) is 0 Å². The van der Waals surface area contributed by atoms with Crippen LogP contribution in [0.25, 0.3) is 0 Å². The maximum absolute atomic E-state index is 9.27. The Hall–Kier alpha value is -0.820. The molecule has 1 fully saturated rings. The minimum atomic E-state index is 0.346. The van der Waals surface area contributed by atoms with Crippen molar-refractivity contribution in [1.82, 2.24) is 0 Å². The van der Waals surface area contributed by atoms with Gasteiger partial charge in [0.05, 0.1) is 0 Å². The molecule has 1 aliphatic carbocycles. The van der Waals surface area contributed by atoms with Gasteiger partial charge < -0.3 is 5.11 Å². The molecule has 1 heteroatoms. The Bertz CT molecular complexity index is 302. The number of rotatable bonds is 4. The molecule has 0 saturated heterocycles. The van der Waals surface area contributed by atoms with Crippen LogP contribution in [0.5, 0.6) is 0 Å². The quantitative estimate of drug-likeness (QED) is 0.773. The van der Waals surface area contributed by atoms with Gasteiger partial charge >= 0.3 is 0 Å². The standard InChI is InChI=1S/C13H18O/c1-10-3-2-4-11(7-10)8-13(9-14)12-5-6-12/h2-4,7,12-14H,5-6,8-9H2,1H3. The maximum Gasteiger partial charge on any atom is 0.0465 e. The summed E-state index contributed by atoms with van der Waals surface area (Å²) in [6, 6.07) is 8.61. The second-order valence-electron chi connectivity index (χ2n) is 4.47. The SMILES string of the molecule is Cc1cccc(CC(CO)C2CC2)c1. The maximum atomic E-state index is 9.27. The van der Waals surface area contributed by atoms with Crippen LogP contribution in [0, 0.1) is 18.8 Å². The van der Waals surface area contributed by atoms with Crippen LogP contribution in [0.4, 0.5) is 0 Å². The van der Waals surface area contributed by atoms with Gasteiger partial charge in [0.15, 0.2) is 0 Å². The Morgan fingerprint density at radius 1 is 1.43 bits per heavy atom. The number of aliphatic hydroxyl groups excluding tert-OH is 1. The van der Waals surface area contributed by atoms with Crippen LogP contribution in [0.1, 0.15) is 24.0 Å². The van der Waals surface area contributed by atoms with Crippen molar-refractivity contribution in [2.24, 2.45) is 11.8 Å². The number of hydrogen-bond donors (Lipinski definition) is 1. The van der Waals surface area contributed by atoms with Gasteiger partial charge in [0.2, 0.25) is 0 Å². The summed E-state index contributed by atoms with van der Waals surface area (Å²) >= 11 is 0. The zero-order chi connectivity index (χ0) is 9.97. The largest absolute Gasteiger partial charge is 0.396 e. The van der Waals surface area contributed by atoms with E-state index in [1.54, 1.807) is 0 Å². The first-order valence-corrected chi connectivity index (χ1v) is 5.46. The summed E-state index contributed by atoms with van der Waals surface area (Å²) in [6.45, 7) is 2.47. The highest BCUT2D eigenvalue weighted by Gasteiger charge is 2.30. The third-order valence-corrected chi connectivity index (χ3v) is 3.10. The lowest BCUT2D eigenvalue weighted by atomic mass is 9.95. The first kappa shape index (κ1) is 9.72. The summed E-state index contributed by atoms with van der Waals surface area (Å²) in [5.74, 6) is 1.29. The molecular formula is C13H18O. The molecule has 1 aliphatic rings. The van der Waals surface area contributed by atoms with Gasteiger partial charge in [-0.15, -0.1) is 0 Å². The van der Waals surface area contributed by atoms with Crippen LogP contribution >= 0.6 is 0 Å². The van der Waals surface area contributed by atoms with E-state index in [1.165, 1.54) is 24.0 Å². The normalized spacial score (nSPS) is 18.1. The highest BCUT2D eigenvalue weighted by Crippen LogP contribution is 2.38. The van der Waals surface area contributed by atoms with Crippen molar-refractivity contribution in [2.45, 2.75) is 26.2 Å². The summed E-state index contributed by atoms with van der Waals surface area (Å²) in [5, 5.41) is 9.27. The molecule has 0 heterocycles. The van der Waals surface area contributed by atoms with Gasteiger partial charge in [0.1, 0.15) is 0 Å². The van der Waals surface area contributed by atoms with Crippen molar-refractivity contribution in [3.8, 4) is 0 Å². The molecule has 0 amide bonds. The van der Waals surface area contributed by atoms with E-state index in [1.807, 2.05) is 0 Å². The van der Waals surface area contributed by atoms with Gasteiger partial charge in [-0.3, -0.25) is 0 Å². The topological polar surface area (TPSA) is 20.2 Å². The molecule has 1 aromatic rings. The van der Waals surface area contributed by atoms with E-state index < -0.39 is 0 Å². The third kappa shape index (κ3) is 2.36. The van der Waals surface area contributed by atoms with E-state index in [-0.39, 0.29) is 0 Å². The molecule has 1 nitrogen and oxygen atoms in total. The molecule has 1 atom stereocenters. The van der Waals surface area contributed by atoms with Crippen molar-refractivity contribution in [3.05, 3.63) is 35.4 Å². The smallest absolute Gasteiger partial charge is 0.0465 e. The molecular weight excluding hydrogens is 172 g/mol. The molecule has 1 N–H and O–H groups in total. The van der Waals surface area contributed by atoms with Crippen LogP contribution in [0.2, 0.25) is 0 Å². The van der Waals surface area contributed by atoms with E-state index in [0.717, 1.165) is 12.3 Å². The van der Waals surface area contributed by atoms with Crippen LogP contribution in [-0.2, 0) is 6.42 Å². The fraction of sp³-hybridized carbons (Fsp3) is 0.538. The lowest BCUT2D eigenvalue weighted by molar-refractivity contribution is 0.209. The van der Waals surface area contributed by atoms with E-state index in [4.69, 9.17) is 0 Å². The lowest BCUT2D eigenvalue weighted by Gasteiger charge is -2.13. The number of aryl methyl sites for hydroxylation is 1. The first-order valence-electron chi connectivity index (χ1n) is 5.46. The molecule has 14 heavy (non-hydrogen) atoms. The fourth-order valence-electron chi connectivity index (χ4n) is 2.09. The first-order chi connectivity index (χ1) is 6.79. The van der Waals surface area contributed by atoms with Gasteiger partial charge in [-0.1, -0.05) is 29.8 Å². The van der Waals surface area contributed by atoms with Gasteiger partial charge in [-0.2, -0.15) is 0 Å². The van der Waals surface area contributed by atoms with Gasteiger partial charge in [-0.05, 0) is 43.6 Å². The second kappa shape index (κ2) is 4.14. The molecule has 1 unspecified atom stereocenters. The van der Waals surface area contributed by atoms with Crippen LogP contribution in [0.3, 0.4) is 0 Å². The fourth-order valence-corrected chi connectivity index (χ4v) is 2.09. The number of aliphatic hydroxyl groups is 1. The predicted molar refractivity (Wildman–Crippen MR) is 58.2 cm³/mol. The van der Waals surface area contributed by atoms with E-state index in [2.05, 4.69) is 31.2 Å². The van der Waals surface area contributed by atoms with Crippen LogP contribution < -0.4 is 0 Å². The summed E-state index contributed by atoms with van der Waals surface area (Å²) < 4.78 is 0. The highest BCUT2D eigenvalue weighted by molar-refractivity contribution is 5.22. The van der Waals surface area contributed by atoms with Crippen molar-refractivity contribution >= 4 is 0 Å². The van der Waals surface area contributed by atoms with Crippen LogP contribution in [0.15, 0.2) is 24.3 Å². The summed E-state index contributed by atoms with van der Waals surface area (Å²) in [7, 11) is 0. The summed E-state index contributed by atoms with van der Waals surface area (Å²) in [4.78, 5) is 0. The third-order valence-electron chi connectivity index (χ3n) is 3.10. The van der Waals surface area contributed by atoms with Crippen LogP contribution in [-0.4, -0.2) is 11.7 Å². The Balaban J connectivity index is 2.01. The average molecular weight is 190 g/mol. The molecule has 0 aromatic heterocycles. The summed E-state index contributed by atoms with van der Waals surface area (Å²) in [6.07, 6.45) is 3.68. The zero-order valence-electron chi connectivity index (χ0n) is 8.74. The second-order valence-corrected chi connectivity index (χ2v) is 4.47. The van der Waals surface area contributed by atoms with Crippen molar-refractivity contribution in [3.63, 3.8) is 0 Å². The molecule has 76 valence electrons. The number of hydrogen-bond acceptors (Lipinski definition) is 1. The predicted octanol–water partition coefficient (Wildman–Crippen LogP) is 2.56. The van der Waals surface area contributed by atoms with Gasteiger partial charge in [0.25, 0.3) is 0 Å². The highest BCUT2D eigenvalue weighted by atomic mass is 16.3. The Morgan fingerprint density at radius 3 is 2.79 bits per heavy atom. The molecule has 0 radical (unpaired) electrons. The minimum absolute atomic E-state index is 0.346. The minimum Gasteiger partial charge on any atom is -0.396 e. The molecule has 1 aromatic carbocycles. The Kier molecular flexibility index (Phi) is 2.87. The molecule has 2 rings (SSSR count). The monoisotopic (exact) mass is 190 g/mol.